The van der Waals surface area contributed by atoms with E-state index in [0.717, 1.165) is 18.4 Å². The van der Waals surface area contributed by atoms with Crippen LogP contribution in [0, 0.1) is 0 Å². The average molecular weight is 454 g/mol. The number of alkyl halides is 3. The minimum atomic E-state index is -5.08. The molecule has 0 bridgehead atoms. The van der Waals surface area contributed by atoms with Crippen molar-refractivity contribution in [1.82, 2.24) is 9.29 Å². The van der Waals surface area contributed by atoms with Gasteiger partial charge in [-0.2, -0.15) is 17.5 Å². The number of rotatable bonds is 6. The molecule has 8 nitrogen and oxygen atoms in total. The molecule has 0 radical (unpaired) electrons. The number of nitrogens with zero attached hydrogens (tertiary/aromatic N) is 2. The number of carboxylic acid groups (broad SMARTS) is 1. The maximum absolute atomic E-state index is 12.5. The Kier molecular flexibility index (Phi) is 8.59. The second kappa shape index (κ2) is 10.5. The largest absolute Gasteiger partial charge is 0.490 e. The fraction of sp³-hybridized carbons (Fsp3) is 0.667. The zero-order valence-electron chi connectivity index (χ0n) is 16.4. The van der Waals surface area contributed by atoms with E-state index in [4.69, 9.17) is 19.4 Å². The summed E-state index contributed by atoms with van der Waals surface area (Å²) in [7, 11) is -3.24. The number of aromatic nitrogens is 1. The van der Waals surface area contributed by atoms with Crippen LogP contribution in [0.3, 0.4) is 0 Å². The van der Waals surface area contributed by atoms with E-state index in [-0.39, 0.29) is 24.0 Å². The maximum atomic E-state index is 12.5. The van der Waals surface area contributed by atoms with Gasteiger partial charge in [-0.3, -0.25) is 4.98 Å². The van der Waals surface area contributed by atoms with Crippen LogP contribution in [0.4, 0.5) is 13.2 Å². The topological polar surface area (TPSA) is 106 Å². The molecule has 2 aliphatic heterocycles. The van der Waals surface area contributed by atoms with Crippen LogP contribution >= 0.6 is 0 Å². The van der Waals surface area contributed by atoms with Crippen LogP contribution < -0.4 is 0 Å². The van der Waals surface area contributed by atoms with Crippen molar-refractivity contribution in [3.63, 3.8) is 0 Å². The lowest BCUT2D eigenvalue weighted by atomic mass is 10.0. The average Bonchev–Trinajstić information content (AvgIpc) is 3.07. The van der Waals surface area contributed by atoms with Crippen molar-refractivity contribution in [2.24, 2.45) is 0 Å². The van der Waals surface area contributed by atoms with E-state index in [1.165, 1.54) is 0 Å². The van der Waals surface area contributed by atoms with Gasteiger partial charge in [-0.1, -0.05) is 13.0 Å². The number of hydrogen-bond donors (Lipinski definition) is 1. The van der Waals surface area contributed by atoms with Crippen molar-refractivity contribution in [3.8, 4) is 0 Å². The minimum absolute atomic E-state index is 0.0841. The molecule has 1 aromatic rings. The van der Waals surface area contributed by atoms with Gasteiger partial charge in [0.2, 0.25) is 10.0 Å². The Morgan fingerprint density at radius 1 is 1.43 bits per heavy atom. The number of fused-ring (bicyclic) bond motifs is 1. The lowest BCUT2D eigenvalue weighted by molar-refractivity contribution is -0.192. The SMILES string of the molecule is CCCS(=O)(=O)N1C[C@H](OCc2cccnc2)[C@H]2OCCC[C@H]21.O=C(O)C(F)(F)F. The molecule has 0 spiro atoms. The van der Waals surface area contributed by atoms with Crippen LogP contribution in [0.2, 0.25) is 0 Å². The number of sulfonamides is 1. The molecular weight excluding hydrogens is 429 g/mol. The highest BCUT2D eigenvalue weighted by atomic mass is 32.2. The summed E-state index contributed by atoms with van der Waals surface area (Å²) < 4.78 is 70.2. The zero-order valence-corrected chi connectivity index (χ0v) is 17.2. The van der Waals surface area contributed by atoms with Crippen molar-refractivity contribution in [3.05, 3.63) is 30.1 Å². The second-order valence-electron chi connectivity index (χ2n) is 6.94. The predicted octanol–water partition coefficient (Wildman–Crippen LogP) is 2.20. The van der Waals surface area contributed by atoms with Crippen molar-refractivity contribution < 1.29 is 41.0 Å². The quantitative estimate of drug-likeness (QED) is 0.702. The Morgan fingerprint density at radius 3 is 2.70 bits per heavy atom. The predicted molar refractivity (Wildman–Crippen MR) is 100 cm³/mol. The molecule has 12 heteroatoms. The van der Waals surface area contributed by atoms with Gasteiger partial charge in [-0.25, -0.2) is 13.2 Å². The van der Waals surface area contributed by atoms with Gasteiger partial charge in [-0.15, -0.1) is 0 Å². The van der Waals surface area contributed by atoms with E-state index in [1.54, 1.807) is 16.7 Å². The molecule has 2 aliphatic rings. The molecule has 2 saturated heterocycles. The standard InChI is InChI=1S/C16H24N2O4S.C2HF3O2/c1-2-9-23(19,20)18-11-15(16-14(18)6-4-8-21-16)22-12-13-5-3-7-17-10-13;3-2(4,5)1(6)7/h3,5,7,10,14-16H,2,4,6,8-9,11-12H2,1H3;(H,6,7)/t14-,15+,16+;/m1./s1. The molecule has 0 aromatic carbocycles. The molecule has 1 N–H and O–H groups in total. The van der Waals surface area contributed by atoms with Crippen LogP contribution in [-0.4, -0.2) is 72.1 Å². The first-order valence-electron chi connectivity index (χ1n) is 9.48. The summed E-state index contributed by atoms with van der Waals surface area (Å²) in [6, 6.07) is 3.73. The molecule has 3 heterocycles. The van der Waals surface area contributed by atoms with Crippen LogP contribution in [0.5, 0.6) is 0 Å². The summed E-state index contributed by atoms with van der Waals surface area (Å²) in [5, 5.41) is 7.12. The minimum Gasteiger partial charge on any atom is -0.475 e. The Balaban J connectivity index is 0.000000396. The summed E-state index contributed by atoms with van der Waals surface area (Å²) in [5.41, 5.74) is 0.981. The molecule has 30 heavy (non-hydrogen) atoms. The second-order valence-corrected chi connectivity index (χ2v) is 8.99. The third-order valence-corrected chi connectivity index (χ3v) is 6.74. The van der Waals surface area contributed by atoms with E-state index < -0.39 is 22.2 Å². The number of hydrogen-bond acceptors (Lipinski definition) is 6. The van der Waals surface area contributed by atoms with Crippen LogP contribution in [0.25, 0.3) is 0 Å². The molecule has 0 saturated carbocycles. The first-order chi connectivity index (χ1) is 14.1. The van der Waals surface area contributed by atoms with E-state index in [9.17, 15) is 21.6 Å². The molecule has 0 amide bonds. The Bertz CT molecular complexity index is 791. The van der Waals surface area contributed by atoms with Crippen molar-refractivity contribution in [2.45, 2.75) is 57.2 Å². The molecule has 1 aromatic heterocycles. The van der Waals surface area contributed by atoms with Crippen molar-refractivity contribution >= 4 is 16.0 Å². The molecule has 0 aliphatic carbocycles. The normalized spacial score (nSPS) is 24.6. The summed E-state index contributed by atoms with van der Waals surface area (Å²) in [4.78, 5) is 13.0. The van der Waals surface area contributed by atoms with E-state index >= 15 is 0 Å². The van der Waals surface area contributed by atoms with Crippen LogP contribution in [-0.2, 0) is 30.9 Å². The first-order valence-corrected chi connectivity index (χ1v) is 11.1. The highest BCUT2D eigenvalue weighted by Gasteiger charge is 2.49. The number of halogens is 3. The van der Waals surface area contributed by atoms with Gasteiger partial charge < -0.3 is 14.6 Å². The Labute approximate surface area is 173 Å². The summed E-state index contributed by atoms with van der Waals surface area (Å²) in [5.74, 6) is -2.57. The summed E-state index contributed by atoms with van der Waals surface area (Å²) in [6.07, 6.45) is 0.394. The Morgan fingerprint density at radius 2 is 2.13 bits per heavy atom. The zero-order chi connectivity index (χ0) is 22.4. The third-order valence-electron chi connectivity index (χ3n) is 4.68. The maximum Gasteiger partial charge on any atom is 0.490 e. The van der Waals surface area contributed by atoms with Crippen molar-refractivity contribution in [2.75, 3.05) is 18.9 Å². The van der Waals surface area contributed by atoms with E-state index in [2.05, 4.69) is 4.98 Å². The third kappa shape index (κ3) is 6.62. The van der Waals surface area contributed by atoms with Gasteiger partial charge >= 0.3 is 12.1 Å². The fourth-order valence-corrected chi connectivity index (χ4v) is 5.16. The van der Waals surface area contributed by atoms with Gasteiger partial charge in [0.25, 0.3) is 0 Å². The number of ether oxygens (including phenoxy) is 2. The molecular formula is C18H25F3N2O6S. The fourth-order valence-electron chi connectivity index (χ4n) is 3.40. The first kappa shape index (κ1) is 24.5. The monoisotopic (exact) mass is 454 g/mol. The Hall–Kier alpha value is -1.76. The van der Waals surface area contributed by atoms with Gasteiger partial charge in [-0.05, 0) is 30.9 Å². The van der Waals surface area contributed by atoms with E-state index in [1.807, 2.05) is 19.1 Å². The van der Waals surface area contributed by atoms with Gasteiger partial charge in [0.1, 0.15) is 6.10 Å². The van der Waals surface area contributed by atoms with Gasteiger partial charge in [0.15, 0.2) is 0 Å². The number of carboxylic acids is 1. The lowest BCUT2D eigenvalue weighted by Crippen LogP contribution is -2.44. The molecule has 170 valence electrons. The summed E-state index contributed by atoms with van der Waals surface area (Å²) >= 11 is 0. The number of carbonyl (C=O) groups is 1. The van der Waals surface area contributed by atoms with E-state index in [0.29, 0.717) is 26.2 Å². The van der Waals surface area contributed by atoms with Crippen LogP contribution in [0.1, 0.15) is 31.7 Å². The lowest BCUT2D eigenvalue weighted by Gasteiger charge is -2.31. The summed E-state index contributed by atoms with van der Waals surface area (Å²) in [6.45, 7) is 3.37. The van der Waals surface area contributed by atoms with Crippen LogP contribution in [0.15, 0.2) is 24.5 Å². The highest BCUT2D eigenvalue weighted by molar-refractivity contribution is 7.89. The number of aliphatic carboxylic acids is 1. The van der Waals surface area contributed by atoms with Gasteiger partial charge in [0, 0.05) is 25.5 Å². The molecule has 3 atom stereocenters. The highest BCUT2D eigenvalue weighted by Crippen LogP contribution is 2.33. The van der Waals surface area contributed by atoms with Crippen molar-refractivity contribution in [1.29, 1.82) is 0 Å². The number of pyridine rings is 1. The molecule has 0 unspecified atom stereocenters. The smallest absolute Gasteiger partial charge is 0.475 e. The van der Waals surface area contributed by atoms with Gasteiger partial charge in [0.05, 0.1) is 24.5 Å². The molecule has 3 rings (SSSR count). The molecule has 2 fully saturated rings.